The molecule has 1 aromatic rings. The maximum Gasteiger partial charge on any atom is 0.250 e. The summed E-state index contributed by atoms with van der Waals surface area (Å²) in [5.74, 6) is -0.598. The van der Waals surface area contributed by atoms with Crippen molar-refractivity contribution in [3.05, 3.63) is 41.7 Å². The highest BCUT2D eigenvalue weighted by Gasteiger charge is 2.00. The number of hydrogen-bond acceptors (Lipinski definition) is 2. The number of amides is 1. The molecule has 0 radical (unpaired) electrons. The van der Waals surface area contributed by atoms with Gasteiger partial charge in [0.25, 0.3) is 0 Å². The van der Waals surface area contributed by atoms with Crippen LogP contribution in [0, 0.1) is 5.82 Å². The lowest BCUT2D eigenvalue weighted by atomic mass is 10.1. The summed E-state index contributed by atoms with van der Waals surface area (Å²) in [5, 5.41) is 5.93. The van der Waals surface area contributed by atoms with Crippen LogP contribution in [0.15, 0.2) is 30.3 Å². The van der Waals surface area contributed by atoms with Gasteiger partial charge in [-0.3, -0.25) is 10.1 Å². The molecule has 0 atom stereocenters. The molecule has 0 saturated heterocycles. The van der Waals surface area contributed by atoms with Gasteiger partial charge in [-0.05, 0) is 42.4 Å². The summed E-state index contributed by atoms with van der Waals surface area (Å²) < 4.78 is 12.7. The Kier molecular flexibility index (Phi) is 9.07. The number of unbranched alkanes of at least 4 members (excludes halogenated alkanes) is 4. The Bertz CT molecular complexity index is 500. The summed E-state index contributed by atoms with van der Waals surface area (Å²) in [6.07, 6.45) is 8.92. The van der Waals surface area contributed by atoms with Gasteiger partial charge in [-0.15, -0.1) is 0 Å². The second-order valence-corrected chi connectivity index (χ2v) is 5.45. The molecular weight excluding hydrogens is 299 g/mol. The standard InChI is InChI=1S/C17H23FN2OS/c1-2-3-4-5-6-13-19-17(22)20-16(21)12-9-14-7-10-15(18)11-8-14/h7-12H,2-6,13H2,1H3,(H2,19,20,21,22)/b12-9+. The maximum absolute atomic E-state index is 12.7. The average Bonchev–Trinajstić information content (AvgIpc) is 2.50. The lowest BCUT2D eigenvalue weighted by molar-refractivity contribution is -0.115. The topological polar surface area (TPSA) is 41.1 Å². The molecule has 3 nitrogen and oxygen atoms in total. The molecule has 5 heteroatoms. The smallest absolute Gasteiger partial charge is 0.250 e. The van der Waals surface area contributed by atoms with E-state index in [0.29, 0.717) is 5.11 Å². The quantitative estimate of drug-likeness (QED) is 0.434. The van der Waals surface area contributed by atoms with E-state index in [2.05, 4.69) is 17.6 Å². The van der Waals surface area contributed by atoms with Crippen molar-refractivity contribution in [2.45, 2.75) is 39.0 Å². The van der Waals surface area contributed by atoms with Gasteiger partial charge in [-0.25, -0.2) is 4.39 Å². The number of halogens is 1. The lowest BCUT2D eigenvalue weighted by Gasteiger charge is -2.07. The van der Waals surface area contributed by atoms with Crippen LogP contribution in [0.5, 0.6) is 0 Å². The molecule has 1 aromatic carbocycles. The Balaban J connectivity index is 2.21. The third kappa shape index (κ3) is 8.52. The molecule has 120 valence electrons. The Morgan fingerprint density at radius 3 is 2.55 bits per heavy atom. The maximum atomic E-state index is 12.7. The molecule has 0 aliphatic carbocycles. The van der Waals surface area contributed by atoms with Gasteiger partial charge >= 0.3 is 0 Å². The number of carbonyl (C=O) groups excluding carboxylic acids is 1. The first-order chi connectivity index (χ1) is 10.6. The van der Waals surface area contributed by atoms with Gasteiger partial charge in [0.2, 0.25) is 5.91 Å². The van der Waals surface area contributed by atoms with Gasteiger partial charge in [-0.2, -0.15) is 0 Å². The fourth-order valence-corrected chi connectivity index (χ4v) is 2.08. The highest BCUT2D eigenvalue weighted by molar-refractivity contribution is 7.80. The fraction of sp³-hybridized carbons (Fsp3) is 0.412. The normalized spacial score (nSPS) is 10.6. The van der Waals surface area contributed by atoms with Crippen molar-refractivity contribution in [3.8, 4) is 0 Å². The first-order valence-electron chi connectivity index (χ1n) is 7.64. The fourth-order valence-electron chi connectivity index (χ4n) is 1.87. The summed E-state index contributed by atoms with van der Waals surface area (Å²) >= 11 is 5.05. The van der Waals surface area contributed by atoms with Crippen LogP contribution >= 0.6 is 12.2 Å². The van der Waals surface area contributed by atoms with Crippen LogP contribution in [0.1, 0.15) is 44.6 Å². The monoisotopic (exact) mass is 322 g/mol. The van der Waals surface area contributed by atoms with Crippen LogP contribution in [0.4, 0.5) is 4.39 Å². The molecule has 0 aromatic heterocycles. The zero-order valence-corrected chi connectivity index (χ0v) is 13.7. The molecule has 1 rings (SSSR count). The molecule has 0 saturated carbocycles. The van der Waals surface area contributed by atoms with Crippen molar-refractivity contribution < 1.29 is 9.18 Å². The van der Waals surface area contributed by atoms with Gasteiger partial charge in [0.15, 0.2) is 5.11 Å². The minimum Gasteiger partial charge on any atom is -0.362 e. The van der Waals surface area contributed by atoms with Gasteiger partial charge < -0.3 is 5.32 Å². The summed E-state index contributed by atoms with van der Waals surface area (Å²) in [7, 11) is 0. The Morgan fingerprint density at radius 1 is 1.18 bits per heavy atom. The third-order valence-corrected chi connectivity index (χ3v) is 3.35. The van der Waals surface area contributed by atoms with E-state index in [0.717, 1.165) is 18.5 Å². The number of nitrogens with one attached hydrogen (secondary N) is 2. The van der Waals surface area contributed by atoms with E-state index in [9.17, 15) is 9.18 Å². The lowest BCUT2D eigenvalue weighted by Crippen LogP contribution is -2.38. The van der Waals surface area contributed by atoms with E-state index in [1.807, 2.05) is 0 Å². The first kappa shape index (κ1) is 18.3. The summed E-state index contributed by atoms with van der Waals surface area (Å²) in [6.45, 7) is 2.95. The number of rotatable bonds is 8. The van der Waals surface area contributed by atoms with E-state index in [-0.39, 0.29) is 11.7 Å². The van der Waals surface area contributed by atoms with Crippen LogP contribution in [-0.4, -0.2) is 17.6 Å². The molecule has 0 fully saturated rings. The van der Waals surface area contributed by atoms with Crippen molar-refractivity contribution in [1.29, 1.82) is 0 Å². The summed E-state index contributed by atoms with van der Waals surface area (Å²) in [6, 6.07) is 5.91. The number of benzene rings is 1. The average molecular weight is 322 g/mol. The van der Waals surface area contributed by atoms with Crippen molar-refractivity contribution in [3.63, 3.8) is 0 Å². The molecule has 2 N–H and O–H groups in total. The summed E-state index contributed by atoms with van der Waals surface area (Å²) in [5.41, 5.74) is 0.756. The minimum atomic E-state index is -0.300. The van der Waals surface area contributed by atoms with Gasteiger partial charge in [0.05, 0.1) is 0 Å². The number of hydrogen-bond donors (Lipinski definition) is 2. The molecule has 0 unspecified atom stereocenters. The van der Waals surface area contributed by atoms with Gasteiger partial charge in [0, 0.05) is 12.6 Å². The van der Waals surface area contributed by atoms with Crippen molar-refractivity contribution in [2.24, 2.45) is 0 Å². The molecule has 22 heavy (non-hydrogen) atoms. The van der Waals surface area contributed by atoms with E-state index < -0.39 is 0 Å². The van der Waals surface area contributed by atoms with Crippen molar-refractivity contribution in [2.75, 3.05) is 6.54 Å². The molecule has 0 spiro atoms. The SMILES string of the molecule is CCCCCCCNC(=S)NC(=O)/C=C/c1ccc(F)cc1. The highest BCUT2D eigenvalue weighted by Crippen LogP contribution is 2.04. The molecule has 0 aliphatic rings. The molecule has 0 bridgehead atoms. The van der Waals surface area contributed by atoms with Crippen LogP contribution in [0.25, 0.3) is 6.08 Å². The van der Waals surface area contributed by atoms with Crippen LogP contribution < -0.4 is 10.6 Å². The molecule has 0 aliphatic heterocycles. The third-order valence-electron chi connectivity index (χ3n) is 3.10. The largest absolute Gasteiger partial charge is 0.362 e. The predicted molar refractivity (Wildman–Crippen MR) is 92.9 cm³/mol. The number of carbonyl (C=O) groups is 1. The van der Waals surface area contributed by atoms with Crippen molar-refractivity contribution >= 4 is 29.3 Å². The minimum absolute atomic E-state index is 0.298. The predicted octanol–water partition coefficient (Wildman–Crippen LogP) is 3.80. The van der Waals surface area contributed by atoms with E-state index in [4.69, 9.17) is 12.2 Å². The van der Waals surface area contributed by atoms with Crippen LogP contribution in [-0.2, 0) is 4.79 Å². The Hall–Kier alpha value is -1.75. The van der Waals surface area contributed by atoms with Gasteiger partial charge in [-0.1, -0.05) is 44.7 Å². The molecular formula is C17H23FN2OS. The Morgan fingerprint density at radius 2 is 1.86 bits per heavy atom. The summed E-state index contributed by atoms with van der Waals surface area (Å²) in [4.78, 5) is 11.7. The van der Waals surface area contributed by atoms with Crippen LogP contribution in [0.3, 0.4) is 0 Å². The van der Waals surface area contributed by atoms with E-state index in [1.54, 1.807) is 18.2 Å². The Labute approximate surface area is 137 Å². The van der Waals surface area contributed by atoms with E-state index >= 15 is 0 Å². The highest BCUT2D eigenvalue weighted by atomic mass is 32.1. The second-order valence-electron chi connectivity index (χ2n) is 5.04. The zero-order chi connectivity index (χ0) is 16.2. The van der Waals surface area contributed by atoms with Gasteiger partial charge in [0.1, 0.15) is 5.82 Å². The number of thiocarbonyl (C=S) groups is 1. The van der Waals surface area contributed by atoms with E-state index in [1.165, 1.54) is 43.9 Å². The second kappa shape index (κ2) is 10.9. The molecule has 1 amide bonds. The van der Waals surface area contributed by atoms with Crippen molar-refractivity contribution in [1.82, 2.24) is 10.6 Å². The zero-order valence-electron chi connectivity index (χ0n) is 12.9. The van der Waals surface area contributed by atoms with Crippen LogP contribution in [0.2, 0.25) is 0 Å². The first-order valence-corrected chi connectivity index (χ1v) is 8.05. The molecule has 0 heterocycles.